The van der Waals surface area contributed by atoms with Gasteiger partial charge in [-0.25, -0.2) is 0 Å². The van der Waals surface area contributed by atoms with Crippen molar-refractivity contribution in [1.29, 1.82) is 0 Å². The molecule has 0 heterocycles. The molecular weight excluding hydrogens is 190 g/mol. The zero-order valence-corrected chi connectivity index (χ0v) is 10.2. The standard InChI is InChI=1S/C12H25NO2/c1-3-5-10-13(4-2)11-8-6-7-9-12(14)15/h3-11H2,1-2H3,(H,14,15). The van der Waals surface area contributed by atoms with E-state index in [1.165, 1.54) is 19.4 Å². The van der Waals surface area contributed by atoms with E-state index in [1.54, 1.807) is 0 Å². The molecule has 1 N–H and O–H groups in total. The van der Waals surface area contributed by atoms with Crippen molar-refractivity contribution in [2.75, 3.05) is 19.6 Å². The fourth-order valence-electron chi connectivity index (χ4n) is 1.60. The highest BCUT2D eigenvalue weighted by atomic mass is 16.4. The Morgan fingerprint density at radius 3 is 2.27 bits per heavy atom. The Morgan fingerprint density at radius 1 is 1.07 bits per heavy atom. The Kier molecular flexibility index (Phi) is 9.59. The molecule has 0 rings (SSSR count). The average Bonchev–Trinajstić information content (AvgIpc) is 2.21. The van der Waals surface area contributed by atoms with Gasteiger partial charge in [-0.05, 0) is 38.9 Å². The second-order valence-corrected chi connectivity index (χ2v) is 3.99. The van der Waals surface area contributed by atoms with Gasteiger partial charge in [-0.2, -0.15) is 0 Å². The lowest BCUT2D eigenvalue weighted by molar-refractivity contribution is -0.137. The van der Waals surface area contributed by atoms with Crippen LogP contribution < -0.4 is 0 Å². The maximum atomic E-state index is 10.3. The summed E-state index contributed by atoms with van der Waals surface area (Å²) < 4.78 is 0. The van der Waals surface area contributed by atoms with Crippen molar-refractivity contribution in [2.24, 2.45) is 0 Å². The van der Waals surface area contributed by atoms with Crippen LogP contribution in [-0.4, -0.2) is 35.6 Å². The highest BCUT2D eigenvalue weighted by molar-refractivity contribution is 5.66. The summed E-state index contributed by atoms with van der Waals surface area (Å²) in [5, 5.41) is 8.47. The van der Waals surface area contributed by atoms with E-state index in [-0.39, 0.29) is 0 Å². The first kappa shape index (κ1) is 14.4. The molecule has 0 aliphatic carbocycles. The molecular formula is C12H25NO2. The normalized spacial score (nSPS) is 10.9. The molecule has 0 spiro atoms. The third-order valence-corrected chi connectivity index (χ3v) is 2.64. The van der Waals surface area contributed by atoms with E-state index in [0.29, 0.717) is 6.42 Å². The fourth-order valence-corrected chi connectivity index (χ4v) is 1.60. The number of nitrogens with zero attached hydrogens (tertiary/aromatic N) is 1. The molecule has 0 aromatic rings. The van der Waals surface area contributed by atoms with Gasteiger partial charge in [-0.1, -0.05) is 26.7 Å². The lowest BCUT2D eigenvalue weighted by atomic mass is 10.2. The molecule has 0 radical (unpaired) electrons. The Hall–Kier alpha value is -0.570. The van der Waals surface area contributed by atoms with Gasteiger partial charge in [0.15, 0.2) is 0 Å². The average molecular weight is 215 g/mol. The molecule has 0 atom stereocenters. The van der Waals surface area contributed by atoms with Crippen LogP contribution in [0, 0.1) is 0 Å². The van der Waals surface area contributed by atoms with E-state index in [9.17, 15) is 4.79 Å². The Labute approximate surface area is 93.5 Å². The molecule has 0 amide bonds. The van der Waals surface area contributed by atoms with Crippen molar-refractivity contribution in [3.8, 4) is 0 Å². The van der Waals surface area contributed by atoms with Crippen molar-refractivity contribution >= 4 is 5.97 Å². The zero-order valence-electron chi connectivity index (χ0n) is 10.2. The van der Waals surface area contributed by atoms with Crippen LogP contribution in [0.4, 0.5) is 0 Å². The van der Waals surface area contributed by atoms with E-state index < -0.39 is 5.97 Å². The van der Waals surface area contributed by atoms with Crippen LogP contribution in [0.15, 0.2) is 0 Å². The second kappa shape index (κ2) is 9.97. The van der Waals surface area contributed by atoms with Gasteiger partial charge in [-0.3, -0.25) is 4.79 Å². The summed E-state index contributed by atoms with van der Waals surface area (Å²) in [6, 6.07) is 0. The SMILES string of the molecule is CCCCN(CC)CCCCCC(=O)O. The number of hydrogen-bond acceptors (Lipinski definition) is 2. The highest BCUT2D eigenvalue weighted by Crippen LogP contribution is 2.03. The Morgan fingerprint density at radius 2 is 1.73 bits per heavy atom. The van der Waals surface area contributed by atoms with Crippen LogP contribution in [0.2, 0.25) is 0 Å². The van der Waals surface area contributed by atoms with Crippen molar-refractivity contribution in [2.45, 2.75) is 52.4 Å². The maximum Gasteiger partial charge on any atom is 0.303 e. The van der Waals surface area contributed by atoms with Crippen LogP contribution in [0.25, 0.3) is 0 Å². The molecule has 0 aliphatic rings. The number of aliphatic carboxylic acids is 1. The van der Waals surface area contributed by atoms with E-state index in [4.69, 9.17) is 5.11 Å². The first-order valence-electron chi connectivity index (χ1n) is 6.14. The van der Waals surface area contributed by atoms with E-state index in [0.717, 1.165) is 32.4 Å². The summed E-state index contributed by atoms with van der Waals surface area (Å²) in [5.41, 5.74) is 0. The Balaban J connectivity index is 3.33. The van der Waals surface area contributed by atoms with Gasteiger partial charge >= 0.3 is 5.97 Å². The molecule has 90 valence electrons. The predicted octanol–water partition coefficient (Wildman–Crippen LogP) is 2.75. The highest BCUT2D eigenvalue weighted by Gasteiger charge is 2.01. The summed E-state index contributed by atoms with van der Waals surface area (Å²) in [4.78, 5) is 12.7. The zero-order chi connectivity index (χ0) is 11.5. The second-order valence-electron chi connectivity index (χ2n) is 3.99. The third kappa shape index (κ3) is 9.73. The van der Waals surface area contributed by atoms with Crippen LogP contribution >= 0.6 is 0 Å². The summed E-state index contributed by atoms with van der Waals surface area (Å²) >= 11 is 0. The van der Waals surface area contributed by atoms with Crippen molar-refractivity contribution < 1.29 is 9.90 Å². The van der Waals surface area contributed by atoms with Crippen LogP contribution in [-0.2, 0) is 4.79 Å². The largest absolute Gasteiger partial charge is 0.481 e. The van der Waals surface area contributed by atoms with Gasteiger partial charge in [-0.15, -0.1) is 0 Å². The smallest absolute Gasteiger partial charge is 0.303 e. The topological polar surface area (TPSA) is 40.5 Å². The van der Waals surface area contributed by atoms with Gasteiger partial charge in [0.2, 0.25) is 0 Å². The summed E-state index contributed by atoms with van der Waals surface area (Å²) in [6.45, 7) is 7.81. The minimum Gasteiger partial charge on any atom is -0.481 e. The fraction of sp³-hybridized carbons (Fsp3) is 0.917. The lowest BCUT2D eigenvalue weighted by Crippen LogP contribution is -2.25. The number of carboxylic acids is 1. The Bertz CT molecular complexity index is 160. The number of carbonyl (C=O) groups is 1. The molecule has 0 aromatic heterocycles. The number of unbranched alkanes of at least 4 members (excludes halogenated alkanes) is 3. The van der Waals surface area contributed by atoms with E-state index >= 15 is 0 Å². The van der Waals surface area contributed by atoms with Gasteiger partial charge < -0.3 is 10.0 Å². The number of carboxylic acid groups (broad SMARTS) is 1. The van der Waals surface area contributed by atoms with Gasteiger partial charge in [0.25, 0.3) is 0 Å². The maximum absolute atomic E-state index is 10.3. The van der Waals surface area contributed by atoms with Crippen molar-refractivity contribution in [1.82, 2.24) is 4.90 Å². The molecule has 3 nitrogen and oxygen atoms in total. The summed E-state index contributed by atoms with van der Waals surface area (Å²) in [7, 11) is 0. The first-order chi connectivity index (χ1) is 7.20. The van der Waals surface area contributed by atoms with Gasteiger partial charge in [0.05, 0.1) is 0 Å². The van der Waals surface area contributed by atoms with Gasteiger partial charge in [0, 0.05) is 6.42 Å². The summed E-state index contributed by atoms with van der Waals surface area (Å²) in [5.74, 6) is -0.673. The number of rotatable bonds is 10. The van der Waals surface area contributed by atoms with Crippen LogP contribution in [0.5, 0.6) is 0 Å². The van der Waals surface area contributed by atoms with Gasteiger partial charge in [0.1, 0.15) is 0 Å². The molecule has 15 heavy (non-hydrogen) atoms. The molecule has 0 unspecified atom stereocenters. The molecule has 0 fully saturated rings. The summed E-state index contributed by atoms with van der Waals surface area (Å²) in [6.07, 6.45) is 5.82. The quantitative estimate of drug-likeness (QED) is 0.570. The third-order valence-electron chi connectivity index (χ3n) is 2.64. The first-order valence-corrected chi connectivity index (χ1v) is 6.14. The van der Waals surface area contributed by atoms with Crippen molar-refractivity contribution in [3.05, 3.63) is 0 Å². The van der Waals surface area contributed by atoms with E-state index in [1.807, 2.05) is 0 Å². The lowest BCUT2D eigenvalue weighted by Gasteiger charge is -2.19. The van der Waals surface area contributed by atoms with E-state index in [2.05, 4.69) is 18.7 Å². The van der Waals surface area contributed by atoms with Crippen LogP contribution in [0.3, 0.4) is 0 Å². The van der Waals surface area contributed by atoms with Crippen molar-refractivity contribution in [3.63, 3.8) is 0 Å². The predicted molar refractivity (Wildman–Crippen MR) is 63.1 cm³/mol. The molecule has 0 saturated carbocycles. The molecule has 0 saturated heterocycles. The molecule has 0 aliphatic heterocycles. The molecule has 0 bridgehead atoms. The minimum absolute atomic E-state index is 0.321. The minimum atomic E-state index is -0.673. The molecule has 3 heteroatoms. The van der Waals surface area contributed by atoms with Crippen LogP contribution in [0.1, 0.15) is 52.4 Å². The molecule has 0 aromatic carbocycles. The number of hydrogen-bond donors (Lipinski definition) is 1. The monoisotopic (exact) mass is 215 g/mol.